The summed E-state index contributed by atoms with van der Waals surface area (Å²) in [5.41, 5.74) is 5.64. The minimum absolute atomic E-state index is 0. The third-order valence-corrected chi connectivity index (χ3v) is 4.02. The van der Waals surface area contributed by atoms with Gasteiger partial charge in [-0.05, 0) is 0 Å². The second-order valence-electron chi connectivity index (χ2n) is 5.65. The van der Waals surface area contributed by atoms with Crippen molar-refractivity contribution in [1.82, 2.24) is 0 Å². The summed E-state index contributed by atoms with van der Waals surface area (Å²) in [7, 11) is 0. The Morgan fingerprint density at radius 2 is 1.60 bits per heavy atom. The van der Waals surface area contributed by atoms with Crippen molar-refractivity contribution in [1.29, 1.82) is 0 Å². The van der Waals surface area contributed by atoms with Gasteiger partial charge in [0, 0.05) is 19.5 Å². The predicted molar refractivity (Wildman–Crippen MR) is 71.1 cm³/mol. The number of aliphatic hydroxyl groups excluding tert-OH is 6. The molecule has 13 heteroatoms. The van der Waals surface area contributed by atoms with Crippen LogP contribution in [0.4, 0.5) is 0 Å². The standard InChI is InChI=1S/C12H21NO11.Zn/c13-3-8(4(15)2(1-14)22-11(3)21)23-12-7(18)5(16)6(17)9(24-12)10(19)20;/h2-9,11-12,14-18,21H,1,13H2,(H,19,20);/t2-,3-,4+,5+,6+,7-,8-,9+,11-,12-;/m1./s1. The molecule has 0 aromatic carbocycles. The van der Waals surface area contributed by atoms with Gasteiger partial charge in [0.2, 0.25) is 0 Å². The molecular formula is C12H21NO11Zn. The minimum Gasteiger partial charge on any atom is -0.479 e. The molecule has 0 aromatic rings. The largest absolute Gasteiger partial charge is 0.479 e. The molecule has 10 atom stereocenters. The summed E-state index contributed by atoms with van der Waals surface area (Å²) in [6.45, 7) is -0.669. The topological polar surface area (TPSA) is 212 Å². The first kappa shape index (κ1) is 22.7. The molecule has 0 spiro atoms. The van der Waals surface area contributed by atoms with Crippen molar-refractivity contribution in [2.24, 2.45) is 5.73 Å². The number of hydrogen-bond donors (Lipinski definition) is 8. The van der Waals surface area contributed by atoms with Crippen molar-refractivity contribution in [3.8, 4) is 0 Å². The summed E-state index contributed by atoms with van der Waals surface area (Å²) in [6.07, 6.45) is -15.1. The van der Waals surface area contributed by atoms with Gasteiger partial charge in [0.25, 0.3) is 0 Å². The van der Waals surface area contributed by atoms with E-state index in [4.69, 9.17) is 30.2 Å². The van der Waals surface area contributed by atoms with Gasteiger partial charge in [-0.25, -0.2) is 4.79 Å². The maximum absolute atomic E-state index is 11.0. The zero-order chi connectivity index (χ0) is 18.2. The molecule has 0 amide bonds. The van der Waals surface area contributed by atoms with Crippen molar-refractivity contribution >= 4 is 5.97 Å². The molecule has 0 unspecified atom stereocenters. The van der Waals surface area contributed by atoms with Gasteiger partial charge in [0.15, 0.2) is 18.7 Å². The van der Waals surface area contributed by atoms with E-state index in [1.54, 1.807) is 0 Å². The van der Waals surface area contributed by atoms with Crippen LogP contribution in [0.15, 0.2) is 0 Å². The molecule has 2 aliphatic heterocycles. The molecule has 12 nitrogen and oxygen atoms in total. The molecule has 2 rings (SSSR count). The van der Waals surface area contributed by atoms with Gasteiger partial charge in [-0.3, -0.25) is 0 Å². The third-order valence-electron chi connectivity index (χ3n) is 4.02. The first-order valence-corrected chi connectivity index (χ1v) is 7.15. The van der Waals surface area contributed by atoms with E-state index in [0.29, 0.717) is 0 Å². The predicted octanol–water partition coefficient (Wildman–Crippen LogP) is -5.34. The van der Waals surface area contributed by atoms with E-state index in [9.17, 15) is 30.3 Å². The van der Waals surface area contributed by atoms with Gasteiger partial charge < -0.3 is 55.7 Å². The molecule has 0 aliphatic carbocycles. The second-order valence-corrected chi connectivity index (χ2v) is 5.65. The van der Waals surface area contributed by atoms with Crippen LogP contribution in [0.3, 0.4) is 0 Å². The number of aliphatic carboxylic acids is 1. The molecule has 0 aromatic heterocycles. The quantitative estimate of drug-likeness (QED) is 0.200. The zero-order valence-corrected chi connectivity index (χ0v) is 16.0. The van der Waals surface area contributed by atoms with Crippen LogP contribution in [0.1, 0.15) is 0 Å². The smallest absolute Gasteiger partial charge is 0.335 e. The van der Waals surface area contributed by atoms with Gasteiger partial charge in [-0.1, -0.05) is 0 Å². The number of rotatable bonds is 4. The van der Waals surface area contributed by atoms with Crippen molar-refractivity contribution in [2.45, 2.75) is 61.3 Å². The molecule has 142 valence electrons. The third kappa shape index (κ3) is 4.52. The Morgan fingerprint density at radius 1 is 1.00 bits per heavy atom. The summed E-state index contributed by atoms with van der Waals surface area (Å²) in [4.78, 5) is 11.0. The molecule has 0 saturated carbocycles. The van der Waals surface area contributed by atoms with E-state index in [1.807, 2.05) is 0 Å². The van der Waals surface area contributed by atoms with Gasteiger partial charge in [-0.15, -0.1) is 0 Å². The fraction of sp³-hybridized carbons (Fsp3) is 0.917. The Labute approximate surface area is 154 Å². The van der Waals surface area contributed by atoms with Gasteiger partial charge >= 0.3 is 5.97 Å². The van der Waals surface area contributed by atoms with Crippen LogP contribution in [0.25, 0.3) is 0 Å². The number of carboxylic acids is 1. The Balaban J connectivity index is 0.00000312. The van der Waals surface area contributed by atoms with Crippen LogP contribution in [-0.4, -0.2) is 110 Å². The molecule has 9 N–H and O–H groups in total. The fourth-order valence-electron chi connectivity index (χ4n) is 2.59. The van der Waals surface area contributed by atoms with Crippen LogP contribution in [0.5, 0.6) is 0 Å². The van der Waals surface area contributed by atoms with Crippen LogP contribution in [0, 0.1) is 0 Å². The van der Waals surface area contributed by atoms with Crippen molar-refractivity contribution < 1.29 is 74.2 Å². The molecule has 0 radical (unpaired) electrons. The minimum atomic E-state index is -1.90. The van der Waals surface area contributed by atoms with Gasteiger partial charge in [-0.2, -0.15) is 0 Å². The number of aliphatic hydroxyl groups is 6. The van der Waals surface area contributed by atoms with E-state index in [2.05, 4.69) is 0 Å². The SMILES string of the molecule is N[C@@H]1[C@@H](O[C@@H]2O[C@H](C(=O)O)[C@@H](O)[C@H](O)[C@H]2O)[C@@H](O)[C@@H](CO)O[C@H]1O.[Zn]. The molecule has 2 saturated heterocycles. The number of carbonyl (C=O) groups is 1. The monoisotopic (exact) mass is 419 g/mol. The number of carboxylic acid groups (broad SMARTS) is 1. The second kappa shape index (κ2) is 9.06. The number of hydrogen-bond acceptors (Lipinski definition) is 11. The van der Waals surface area contributed by atoms with Crippen LogP contribution < -0.4 is 5.73 Å². The maximum Gasteiger partial charge on any atom is 0.335 e. The zero-order valence-electron chi connectivity index (χ0n) is 13.0. The average molecular weight is 421 g/mol. The van der Waals surface area contributed by atoms with Crippen LogP contribution in [0.2, 0.25) is 0 Å². The van der Waals surface area contributed by atoms with Gasteiger partial charge in [0.1, 0.15) is 36.6 Å². The Morgan fingerprint density at radius 3 is 2.12 bits per heavy atom. The first-order valence-electron chi connectivity index (χ1n) is 7.15. The van der Waals surface area contributed by atoms with E-state index in [1.165, 1.54) is 0 Å². The Bertz CT molecular complexity index is 457. The average Bonchev–Trinajstić information content (AvgIpc) is 2.54. The Kier molecular flexibility index (Phi) is 8.24. The van der Waals surface area contributed by atoms with E-state index >= 15 is 0 Å². The summed E-state index contributed by atoms with van der Waals surface area (Å²) < 4.78 is 15.0. The summed E-state index contributed by atoms with van der Waals surface area (Å²) in [6, 6.07) is -1.31. The number of ether oxygens (including phenoxy) is 3. The molecule has 2 aliphatic rings. The van der Waals surface area contributed by atoms with E-state index < -0.39 is 73.9 Å². The fourth-order valence-corrected chi connectivity index (χ4v) is 2.59. The normalized spacial score (nSPS) is 47.8. The summed E-state index contributed by atoms with van der Waals surface area (Å²) in [5, 5.41) is 67.0. The molecular weight excluding hydrogens is 400 g/mol. The molecule has 0 bridgehead atoms. The van der Waals surface area contributed by atoms with Crippen LogP contribution >= 0.6 is 0 Å². The van der Waals surface area contributed by atoms with E-state index in [-0.39, 0.29) is 19.5 Å². The molecule has 2 heterocycles. The van der Waals surface area contributed by atoms with E-state index in [0.717, 1.165) is 0 Å². The summed E-state index contributed by atoms with van der Waals surface area (Å²) in [5.74, 6) is -1.60. The summed E-state index contributed by atoms with van der Waals surface area (Å²) >= 11 is 0. The van der Waals surface area contributed by atoms with Gasteiger partial charge in [0.05, 0.1) is 12.6 Å². The van der Waals surface area contributed by atoms with Crippen molar-refractivity contribution in [3.63, 3.8) is 0 Å². The number of nitrogens with two attached hydrogens (primary N) is 1. The first-order chi connectivity index (χ1) is 11.2. The van der Waals surface area contributed by atoms with Crippen LogP contribution in [-0.2, 0) is 38.5 Å². The molecule has 2 fully saturated rings. The Hall–Kier alpha value is -0.307. The maximum atomic E-state index is 11.0. The van der Waals surface area contributed by atoms with Crippen molar-refractivity contribution in [3.05, 3.63) is 0 Å². The molecule has 25 heavy (non-hydrogen) atoms. The van der Waals surface area contributed by atoms with Crippen molar-refractivity contribution in [2.75, 3.05) is 6.61 Å².